The monoisotopic (exact) mass is 185 g/mol. The zero-order valence-corrected chi connectivity index (χ0v) is 7.67. The fourth-order valence-electron chi connectivity index (χ4n) is 1.10. The Bertz CT molecular complexity index is 349. The summed E-state index contributed by atoms with van der Waals surface area (Å²) in [5.41, 5.74) is 3.13. The first-order valence-electron chi connectivity index (χ1n) is 4.43. The van der Waals surface area contributed by atoms with Crippen LogP contribution in [0.5, 0.6) is 0 Å². The zero-order valence-electron chi connectivity index (χ0n) is 7.67. The van der Waals surface area contributed by atoms with Crippen LogP contribution < -0.4 is 5.43 Å². The Kier molecular flexibility index (Phi) is 2.62. The van der Waals surface area contributed by atoms with Gasteiger partial charge in [-0.25, -0.2) is 4.98 Å². The van der Waals surface area contributed by atoms with Crippen molar-refractivity contribution >= 4 is 5.82 Å². The summed E-state index contributed by atoms with van der Waals surface area (Å²) in [4.78, 5) is 4.16. The maximum Gasteiger partial charge on any atom is 0.144 e. The van der Waals surface area contributed by atoms with Gasteiger partial charge in [0.15, 0.2) is 0 Å². The van der Waals surface area contributed by atoms with E-state index in [0.29, 0.717) is 0 Å². The molecule has 0 saturated heterocycles. The molecule has 0 spiro atoms. The highest BCUT2D eigenvalue weighted by Gasteiger charge is 1.95. The van der Waals surface area contributed by atoms with Gasteiger partial charge < -0.3 is 0 Å². The van der Waals surface area contributed by atoms with Crippen LogP contribution >= 0.6 is 0 Å². The Morgan fingerprint density at radius 3 is 2.43 bits per heavy atom. The van der Waals surface area contributed by atoms with E-state index in [4.69, 9.17) is 0 Å². The average molecular weight is 185 g/mol. The summed E-state index contributed by atoms with van der Waals surface area (Å²) in [5.74, 6) is 0.823. The molecular weight excluding hydrogens is 174 g/mol. The van der Waals surface area contributed by atoms with Gasteiger partial charge in [-0.05, 0) is 24.3 Å². The summed E-state index contributed by atoms with van der Waals surface area (Å²) in [6.07, 6.45) is 13.5. The van der Waals surface area contributed by atoms with Gasteiger partial charge in [0.1, 0.15) is 5.82 Å². The maximum atomic E-state index is 4.16. The van der Waals surface area contributed by atoms with Crippen LogP contribution in [0.4, 0.5) is 5.82 Å². The topological polar surface area (TPSA) is 28.2 Å². The summed E-state index contributed by atoms with van der Waals surface area (Å²) >= 11 is 0. The largest absolute Gasteiger partial charge is 0.278 e. The maximum absolute atomic E-state index is 4.16. The first-order valence-corrected chi connectivity index (χ1v) is 4.43. The lowest BCUT2D eigenvalue weighted by Crippen LogP contribution is -2.17. The lowest BCUT2D eigenvalue weighted by Gasteiger charge is -2.16. The van der Waals surface area contributed by atoms with Crippen molar-refractivity contribution in [3.63, 3.8) is 0 Å². The number of rotatable bonds is 2. The van der Waals surface area contributed by atoms with Crippen molar-refractivity contribution in [1.82, 2.24) is 9.99 Å². The number of nitrogens with zero attached hydrogens (tertiary/aromatic N) is 2. The Morgan fingerprint density at radius 1 is 1.00 bits per heavy atom. The predicted molar refractivity (Wildman–Crippen MR) is 57.1 cm³/mol. The molecule has 0 fully saturated rings. The number of anilines is 1. The van der Waals surface area contributed by atoms with Crippen LogP contribution in [0.25, 0.3) is 0 Å². The number of hydrazine groups is 1. The number of hydrogen-bond acceptors (Lipinski definition) is 3. The Balaban J connectivity index is 2.05. The molecule has 0 aromatic carbocycles. The SMILES string of the molecule is C1=CC=CN(Nc2ccccn2)C=C1. The molecule has 0 atom stereocenters. The molecule has 0 radical (unpaired) electrons. The fraction of sp³-hybridized carbons (Fsp3) is 0. The van der Waals surface area contributed by atoms with Crippen LogP contribution in [0.3, 0.4) is 0 Å². The van der Waals surface area contributed by atoms with Gasteiger partial charge in [0.25, 0.3) is 0 Å². The van der Waals surface area contributed by atoms with Crippen LogP contribution in [0, 0.1) is 0 Å². The third kappa shape index (κ3) is 2.23. The van der Waals surface area contributed by atoms with Crippen LogP contribution in [-0.2, 0) is 0 Å². The molecule has 1 aliphatic rings. The van der Waals surface area contributed by atoms with Crippen LogP contribution in [0.2, 0.25) is 0 Å². The van der Waals surface area contributed by atoms with Crippen molar-refractivity contribution in [2.24, 2.45) is 0 Å². The van der Waals surface area contributed by atoms with Crippen LogP contribution in [0.1, 0.15) is 0 Å². The predicted octanol–water partition coefficient (Wildman–Crippen LogP) is 2.31. The lowest BCUT2D eigenvalue weighted by molar-refractivity contribution is 0.608. The van der Waals surface area contributed by atoms with Crippen molar-refractivity contribution in [3.05, 3.63) is 61.1 Å². The first-order chi connectivity index (χ1) is 6.95. The quantitative estimate of drug-likeness (QED) is 0.766. The molecule has 0 bridgehead atoms. The van der Waals surface area contributed by atoms with Gasteiger partial charge in [-0.1, -0.05) is 18.2 Å². The molecule has 0 saturated carbocycles. The summed E-state index contributed by atoms with van der Waals surface area (Å²) in [6.45, 7) is 0. The fourth-order valence-corrected chi connectivity index (χ4v) is 1.10. The van der Waals surface area contributed by atoms with E-state index in [1.54, 1.807) is 6.20 Å². The first kappa shape index (κ1) is 8.56. The summed E-state index contributed by atoms with van der Waals surface area (Å²) < 4.78 is 0. The van der Waals surface area contributed by atoms with Gasteiger partial charge in [0.2, 0.25) is 0 Å². The van der Waals surface area contributed by atoms with Crippen molar-refractivity contribution in [1.29, 1.82) is 0 Å². The van der Waals surface area contributed by atoms with Crippen molar-refractivity contribution in [2.75, 3.05) is 5.43 Å². The second-order valence-electron chi connectivity index (χ2n) is 2.80. The molecule has 3 heteroatoms. The molecule has 1 aromatic rings. The van der Waals surface area contributed by atoms with Gasteiger partial charge in [-0.3, -0.25) is 10.4 Å². The molecule has 1 N–H and O–H groups in total. The standard InChI is InChI=1S/C11H11N3/c1-2-6-10-14(9-5-1)13-11-7-3-4-8-12-11/h1-10H,(H,12,13). The van der Waals surface area contributed by atoms with Crippen LogP contribution in [-0.4, -0.2) is 9.99 Å². The number of nitrogens with one attached hydrogen (secondary N) is 1. The smallest absolute Gasteiger partial charge is 0.144 e. The van der Waals surface area contributed by atoms with E-state index in [1.807, 2.05) is 59.9 Å². The second kappa shape index (κ2) is 4.28. The molecule has 0 amide bonds. The highest BCUT2D eigenvalue weighted by Crippen LogP contribution is 2.04. The molecule has 0 aliphatic carbocycles. The van der Waals surface area contributed by atoms with E-state index in [1.165, 1.54) is 0 Å². The van der Waals surface area contributed by atoms with E-state index in [2.05, 4.69) is 10.4 Å². The normalized spacial score (nSPS) is 14.1. The summed E-state index contributed by atoms with van der Waals surface area (Å²) in [6, 6.07) is 5.75. The van der Waals surface area contributed by atoms with E-state index in [0.717, 1.165) is 5.82 Å². The highest BCUT2D eigenvalue weighted by molar-refractivity contribution is 5.33. The molecule has 0 unspecified atom stereocenters. The third-order valence-electron chi connectivity index (χ3n) is 1.74. The minimum atomic E-state index is 0.823. The Labute approximate surface area is 83.0 Å². The van der Waals surface area contributed by atoms with Gasteiger partial charge in [0, 0.05) is 18.6 Å². The molecule has 1 aliphatic heterocycles. The Morgan fingerprint density at radius 2 is 1.79 bits per heavy atom. The number of allylic oxidation sites excluding steroid dienone is 4. The number of aromatic nitrogens is 1. The molecule has 1 aromatic heterocycles. The van der Waals surface area contributed by atoms with Crippen molar-refractivity contribution < 1.29 is 0 Å². The molecule has 2 rings (SSSR count). The Hall–Kier alpha value is -2.03. The number of pyridine rings is 1. The lowest BCUT2D eigenvalue weighted by atomic mass is 10.5. The third-order valence-corrected chi connectivity index (χ3v) is 1.74. The van der Waals surface area contributed by atoms with Gasteiger partial charge >= 0.3 is 0 Å². The van der Waals surface area contributed by atoms with Crippen molar-refractivity contribution in [2.45, 2.75) is 0 Å². The van der Waals surface area contributed by atoms with E-state index >= 15 is 0 Å². The van der Waals surface area contributed by atoms with E-state index in [-0.39, 0.29) is 0 Å². The second-order valence-corrected chi connectivity index (χ2v) is 2.80. The van der Waals surface area contributed by atoms with E-state index in [9.17, 15) is 0 Å². The minimum absolute atomic E-state index is 0.823. The molecule has 70 valence electrons. The zero-order chi connectivity index (χ0) is 9.64. The van der Waals surface area contributed by atoms with Crippen LogP contribution in [0.15, 0.2) is 61.1 Å². The molecule has 2 heterocycles. The van der Waals surface area contributed by atoms with Crippen molar-refractivity contribution in [3.8, 4) is 0 Å². The molecule has 14 heavy (non-hydrogen) atoms. The number of hydrogen-bond donors (Lipinski definition) is 1. The minimum Gasteiger partial charge on any atom is -0.278 e. The summed E-state index contributed by atoms with van der Waals surface area (Å²) in [5, 5.41) is 1.85. The van der Waals surface area contributed by atoms with Gasteiger partial charge in [-0.2, -0.15) is 0 Å². The average Bonchev–Trinajstić information content (AvgIpc) is 2.48. The van der Waals surface area contributed by atoms with Gasteiger partial charge in [0.05, 0.1) is 0 Å². The molecule has 3 nitrogen and oxygen atoms in total. The molecular formula is C11H11N3. The summed E-state index contributed by atoms with van der Waals surface area (Å²) in [7, 11) is 0. The van der Waals surface area contributed by atoms with Gasteiger partial charge in [-0.15, -0.1) is 0 Å². The highest BCUT2D eigenvalue weighted by atomic mass is 15.5. The van der Waals surface area contributed by atoms with E-state index < -0.39 is 0 Å².